The Morgan fingerprint density at radius 3 is 3.19 bits per heavy atom. The lowest BCUT2D eigenvalue weighted by Gasteiger charge is -2.05. The van der Waals surface area contributed by atoms with E-state index < -0.39 is 5.95 Å². The van der Waals surface area contributed by atoms with Crippen LogP contribution in [0.2, 0.25) is 0 Å². The molecule has 0 bridgehead atoms. The number of halogens is 1. The fourth-order valence-corrected chi connectivity index (χ4v) is 2.41. The minimum absolute atomic E-state index is 0.144. The Hall–Kier alpha value is -1.96. The molecule has 0 radical (unpaired) electrons. The van der Waals surface area contributed by atoms with E-state index in [1.165, 1.54) is 10.6 Å². The first-order chi connectivity index (χ1) is 7.70. The Kier molecular flexibility index (Phi) is 1.75. The van der Waals surface area contributed by atoms with E-state index in [1.807, 2.05) is 6.92 Å². The molecular formula is C11H9FN4. The van der Waals surface area contributed by atoms with Crippen LogP contribution in [0.1, 0.15) is 36.4 Å². The molecule has 2 aromatic rings. The van der Waals surface area contributed by atoms with Gasteiger partial charge in [0, 0.05) is 23.7 Å². The van der Waals surface area contributed by atoms with E-state index >= 15 is 0 Å². The van der Waals surface area contributed by atoms with E-state index in [1.54, 1.807) is 6.20 Å². The zero-order chi connectivity index (χ0) is 11.3. The first kappa shape index (κ1) is 9.28. The van der Waals surface area contributed by atoms with Gasteiger partial charge in [0.1, 0.15) is 0 Å². The molecule has 0 aromatic carbocycles. The second kappa shape index (κ2) is 3.01. The van der Waals surface area contributed by atoms with Crippen LogP contribution in [0.25, 0.3) is 5.65 Å². The molecule has 1 aliphatic rings. The van der Waals surface area contributed by atoms with Crippen LogP contribution in [-0.2, 0) is 0 Å². The van der Waals surface area contributed by atoms with Crippen molar-refractivity contribution in [3.8, 4) is 6.07 Å². The van der Waals surface area contributed by atoms with Crippen LogP contribution in [-0.4, -0.2) is 14.6 Å². The predicted molar refractivity (Wildman–Crippen MR) is 54.3 cm³/mol. The van der Waals surface area contributed by atoms with Gasteiger partial charge in [-0.3, -0.25) is 0 Å². The molecule has 3 rings (SSSR count). The van der Waals surface area contributed by atoms with E-state index in [4.69, 9.17) is 5.26 Å². The van der Waals surface area contributed by atoms with Crippen molar-refractivity contribution < 1.29 is 4.39 Å². The molecule has 0 saturated carbocycles. The number of hydrogen-bond donors (Lipinski definition) is 0. The Morgan fingerprint density at radius 2 is 2.44 bits per heavy atom. The number of fused-ring (bicyclic) bond motifs is 3. The summed E-state index contributed by atoms with van der Waals surface area (Å²) in [5.74, 6) is -0.466. The molecule has 2 unspecified atom stereocenters. The Morgan fingerprint density at radius 1 is 1.62 bits per heavy atom. The Labute approximate surface area is 91.3 Å². The molecular weight excluding hydrogens is 207 g/mol. The van der Waals surface area contributed by atoms with Crippen molar-refractivity contribution >= 4 is 5.65 Å². The number of nitrogens with zero attached hydrogens (tertiary/aromatic N) is 4. The Bertz CT molecular complexity index is 610. The van der Waals surface area contributed by atoms with E-state index in [9.17, 15) is 4.39 Å². The lowest BCUT2D eigenvalue weighted by Crippen LogP contribution is -2.02. The third-order valence-corrected chi connectivity index (χ3v) is 3.11. The molecule has 0 fully saturated rings. The lowest BCUT2D eigenvalue weighted by atomic mass is 10.1. The molecule has 0 amide bonds. The molecule has 2 atom stereocenters. The largest absolute Gasteiger partial charge is 0.237 e. The third kappa shape index (κ3) is 1.07. The highest BCUT2D eigenvalue weighted by atomic mass is 19.1. The van der Waals surface area contributed by atoms with Crippen molar-refractivity contribution in [1.82, 2.24) is 14.6 Å². The highest BCUT2D eigenvalue weighted by Crippen LogP contribution is 2.40. The average Bonchev–Trinajstić information content (AvgIpc) is 2.77. The number of rotatable bonds is 0. The van der Waals surface area contributed by atoms with Gasteiger partial charge >= 0.3 is 0 Å². The van der Waals surface area contributed by atoms with Gasteiger partial charge in [-0.05, 0) is 6.42 Å². The van der Waals surface area contributed by atoms with Gasteiger partial charge in [-0.2, -0.15) is 9.65 Å². The summed E-state index contributed by atoms with van der Waals surface area (Å²) in [6, 6.07) is 3.55. The molecule has 2 heterocycles. The van der Waals surface area contributed by atoms with Crippen molar-refractivity contribution in [2.24, 2.45) is 0 Å². The van der Waals surface area contributed by atoms with Gasteiger partial charge in [0.25, 0.3) is 0 Å². The number of nitriles is 1. The van der Waals surface area contributed by atoms with E-state index in [-0.39, 0.29) is 11.8 Å². The van der Waals surface area contributed by atoms with Crippen LogP contribution in [0.3, 0.4) is 0 Å². The fourth-order valence-electron chi connectivity index (χ4n) is 2.41. The predicted octanol–water partition coefficient (Wildman–Crippen LogP) is 1.98. The molecule has 0 saturated heterocycles. The van der Waals surface area contributed by atoms with Crippen molar-refractivity contribution in [1.29, 1.82) is 5.26 Å². The van der Waals surface area contributed by atoms with Crippen molar-refractivity contribution in [3.63, 3.8) is 0 Å². The minimum atomic E-state index is -0.534. The molecule has 16 heavy (non-hydrogen) atoms. The standard InChI is InChI=1S/C11H9FN4/c1-6-2-7(4-13)8-5-14-10-3-9(12)15-16(10)11(6)8/h3,5-7H,2H2,1H3. The first-order valence-electron chi connectivity index (χ1n) is 5.14. The smallest absolute Gasteiger partial charge is 0.235 e. The maximum atomic E-state index is 13.1. The van der Waals surface area contributed by atoms with Crippen molar-refractivity contribution in [2.45, 2.75) is 25.2 Å². The van der Waals surface area contributed by atoms with Gasteiger partial charge in [-0.25, -0.2) is 9.50 Å². The van der Waals surface area contributed by atoms with E-state index in [0.29, 0.717) is 5.65 Å². The van der Waals surface area contributed by atoms with Gasteiger partial charge in [0.2, 0.25) is 5.95 Å². The van der Waals surface area contributed by atoms with Gasteiger partial charge < -0.3 is 0 Å². The first-order valence-corrected chi connectivity index (χ1v) is 5.14. The summed E-state index contributed by atoms with van der Waals surface area (Å²) in [4.78, 5) is 4.12. The van der Waals surface area contributed by atoms with Crippen LogP contribution in [0.5, 0.6) is 0 Å². The molecule has 80 valence electrons. The summed E-state index contributed by atoms with van der Waals surface area (Å²) in [5, 5.41) is 12.8. The van der Waals surface area contributed by atoms with Crippen LogP contribution >= 0.6 is 0 Å². The number of aromatic nitrogens is 3. The average molecular weight is 216 g/mol. The van der Waals surface area contributed by atoms with Crippen molar-refractivity contribution in [3.05, 3.63) is 29.5 Å². The summed E-state index contributed by atoms with van der Waals surface area (Å²) < 4.78 is 14.6. The molecule has 0 aliphatic heterocycles. The molecule has 2 aromatic heterocycles. The van der Waals surface area contributed by atoms with Gasteiger partial charge in [0.05, 0.1) is 17.7 Å². The zero-order valence-electron chi connectivity index (χ0n) is 8.68. The van der Waals surface area contributed by atoms with Gasteiger partial charge in [-0.15, -0.1) is 5.10 Å². The minimum Gasteiger partial charge on any atom is -0.237 e. The summed E-state index contributed by atoms with van der Waals surface area (Å²) in [5.41, 5.74) is 2.30. The van der Waals surface area contributed by atoms with Crippen LogP contribution in [0.15, 0.2) is 12.3 Å². The maximum Gasteiger partial charge on any atom is 0.235 e. The second-order valence-corrected chi connectivity index (χ2v) is 4.15. The SMILES string of the molecule is CC1CC(C#N)c2cnc3cc(F)nn3c21. The molecule has 1 aliphatic carbocycles. The fraction of sp³-hybridized carbons (Fsp3) is 0.364. The third-order valence-electron chi connectivity index (χ3n) is 3.11. The summed E-state index contributed by atoms with van der Waals surface area (Å²) in [6.45, 7) is 2.02. The lowest BCUT2D eigenvalue weighted by molar-refractivity contribution is 0.563. The summed E-state index contributed by atoms with van der Waals surface area (Å²) >= 11 is 0. The molecule has 0 spiro atoms. The Balaban J connectivity index is 2.35. The summed E-state index contributed by atoms with van der Waals surface area (Å²) in [7, 11) is 0. The topological polar surface area (TPSA) is 54.0 Å². The van der Waals surface area contributed by atoms with Crippen LogP contribution < -0.4 is 0 Å². The molecule has 5 heteroatoms. The monoisotopic (exact) mass is 216 g/mol. The normalized spacial score (nSPS) is 23.3. The van der Waals surface area contributed by atoms with Gasteiger partial charge in [0.15, 0.2) is 5.65 Å². The molecule has 4 nitrogen and oxygen atoms in total. The maximum absolute atomic E-state index is 13.1. The van der Waals surface area contributed by atoms with Crippen molar-refractivity contribution in [2.75, 3.05) is 0 Å². The molecule has 0 N–H and O–H groups in total. The highest BCUT2D eigenvalue weighted by molar-refractivity contribution is 5.45. The number of hydrogen-bond acceptors (Lipinski definition) is 3. The zero-order valence-corrected chi connectivity index (χ0v) is 8.68. The van der Waals surface area contributed by atoms with E-state index in [0.717, 1.165) is 17.7 Å². The second-order valence-electron chi connectivity index (χ2n) is 4.15. The quantitative estimate of drug-likeness (QED) is 0.676. The van der Waals surface area contributed by atoms with Gasteiger partial charge in [-0.1, -0.05) is 6.92 Å². The van der Waals surface area contributed by atoms with Crippen LogP contribution in [0.4, 0.5) is 4.39 Å². The summed E-state index contributed by atoms with van der Waals surface area (Å²) in [6.07, 6.45) is 2.43. The highest BCUT2D eigenvalue weighted by Gasteiger charge is 2.31. The van der Waals surface area contributed by atoms with E-state index in [2.05, 4.69) is 16.2 Å². The van der Waals surface area contributed by atoms with Crippen LogP contribution in [0, 0.1) is 17.3 Å².